The van der Waals surface area contributed by atoms with Gasteiger partial charge in [0.25, 0.3) is 0 Å². The molecule has 0 bridgehead atoms. The second kappa shape index (κ2) is 5.27. The molecule has 0 saturated carbocycles. The Morgan fingerprint density at radius 2 is 2.17 bits per heavy atom. The molecule has 0 fully saturated rings. The Kier molecular flexibility index (Phi) is 3.72. The third-order valence-corrected chi connectivity index (χ3v) is 2.73. The summed E-state index contributed by atoms with van der Waals surface area (Å²) in [6, 6.07) is 4.75. The summed E-state index contributed by atoms with van der Waals surface area (Å²) in [7, 11) is 0. The van der Waals surface area contributed by atoms with Crippen molar-refractivity contribution in [1.82, 2.24) is 15.5 Å². The molecule has 0 spiro atoms. The summed E-state index contributed by atoms with van der Waals surface area (Å²) < 4.78 is 18.7. The summed E-state index contributed by atoms with van der Waals surface area (Å²) in [5.41, 5.74) is 1.29. The van der Waals surface area contributed by atoms with E-state index < -0.39 is 0 Å². The molecule has 0 saturated heterocycles. The van der Waals surface area contributed by atoms with Crippen LogP contribution in [0.1, 0.15) is 31.3 Å². The van der Waals surface area contributed by atoms with Crippen LogP contribution < -0.4 is 5.32 Å². The van der Waals surface area contributed by atoms with Gasteiger partial charge in [-0.25, -0.2) is 4.39 Å². The maximum atomic E-state index is 13.2. The van der Waals surface area contributed by atoms with E-state index in [0.29, 0.717) is 17.3 Å². The Morgan fingerprint density at radius 3 is 2.83 bits per heavy atom. The molecule has 0 aliphatic carbocycles. The zero-order chi connectivity index (χ0) is 13.1. The van der Waals surface area contributed by atoms with Crippen LogP contribution in [0, 0.1) is 12.7 Å². The van der Waals surface area contributed by atoms with Crippen LogP contribution in [0.3, 0.4) is 0 Å². The molecular weight excluding hydrogens is 233 g/mol. The van der Waals surface area contributed by atoms with Crippen molar-refractivity contribution in [2.45, 2.75) is 26.8 Å². The number of hydrogen-bond acceptors (Lipinski definition) is 4. The fourth-order valence-corrected chi connectivity index (χ4v) is 1.70. The van der Waals surface area contributed by atoms with Crippen molar-refractivity contribution in [1.29, 1.82) is 0 Å². The van der Waals surface area contributed by atoms with E-state index in [4.69, 9.17) is 4.42 Å². The maximum absolute atomic E-state index is 13.2. The third-order valence-electron chi connectivity index (χ3n) is 2.73. The highest BCUT2D eigenvalue weighted by molar-refractivity contribution is 5.53. The summed E-state index contributed by atoms with van der Waals surface area (Å²) in [5, 5.41) is 11.2. The predicted molar refractivity (Wildman–Crippen MR) is 66.5 cm³/mol. The predicted octanol–water partition coefficient (Wildman–Crippen LogP) is 2.85. The van der Waals surface area contributed by atoms with Gasteiger partial charge in [-0.2, -0.15) is 0 Å². The van der Waals surface area contributed by atoms with Crippen molar-refractivity contribution in [2.75, 3.05) is 6.54 Å². The molecule has 1 heterocycles. The summed E-state index contributed by atoms with van der Waals surface area (Å²) in [6.45, 7) is 6.50. The molecule has 5 heteroatoms. The first kappa shape index (κ1) is 12.7. The SMILES string of the molecule is CCNC(C)c1nnc(-c2ccc(F)c(C)c2)o1. The molecule has 0 aliphatic rings. The molecule has 18 heavy (non-hydrogen) atoms. The minimum Gasteiger partial charge on any atom is -0.419 e. The normalized spacial score (nSPS) is 12.7. The first-order chi connectivity index (χ1) is 8.61. The van der Waals surface area contributed by atoms with Gasteiger partial charge in [0.1, 0.15) is 5.82 Å². The zero-order valence-electron chi connectivity index (χ0n) is 10.7. The molecule has 1 unspecified atom stereocenters. The van der Waals surface area contributed by atoms with E-state index in [1.807, 2.05) is 13.8 Å². The van der Waals surface area contributed by atoms with Gasteiger partial charge < -0.3 is 9.73 Å². The molecular formula is C13H16FN3O. The molecule has 1 N–H and O–H groups in total. The lowest BCUT2D eigenvalue weighted by Crippen LogP contribution is -2.17. The second-order valence-corrected chi connectivity index (χ2v) is 4.19. The Balaban J connectivity index is 2.26. The van der Waals surface area contributed by atoms with E-state index in [1.54, 1.807) is 19.1 Å². The Morgan fingerprint density at radius 1 is 1.39 bits per heavy atom. The lowest BCUT2D eigenvalue weighted by Gasteiger charge is -2.05. The largest absolute Gasteiger partial charge is 0.419 e. The number of aromatic nitrogens is 2. The van der Waals surface area contributed by atoms with E-state index in [9.17, 15) is 4.39 Å². The molecule has 2 rings (SSSR count). The van der Waals surface area contributed by atoms with Gasteiger partial charge in [-0.15, -0.1) is 10.2 Å². The first-order valence-electron chi connectivity index (χ1n) is 5.95. The molecule has 1 aromatic carbocycles. The number of benzene rings is 1. The van der Waals surface area contributed by atoms with E-state index in [0.717, 1.165) is 12.1 Å². The number of nitrogens with zero attached hydrogens (tertiary/aromatic N) is 2. The highest BCUT2D eigenvalue weighted by Gasteiger charge is 2.14. The summed E-state index contributed by atoms with van der Waals surface area (Å²) >= 11 is 0. The monoisotopic (exact) mass is 249 g/mol. The van der Waals surface area contributed by atoms with Crippen molar-refractivity contribution in [3.8, 4) is 11.5 Å². The van der Waals surface area contributed by atoms with Crippen LogP contribution >= 0.6 is 0 Å². The van der Waals surface area contributed by atoms with Crippen LogP contribution in [-0.4, -0.2) is 16.7 Å². The van der Waals surface area contributed by atoms with Gasteiger partial charge in [-0.1, -0.05) is 6.92 Å². The molecule has 4 nitrogen and oxygen atoms in total. The van der Waals surface area contributed by atoms with Crippen LogP contribution in [0.5, 0.6) is 0 Å². The molecule has 1 aromatic heterocycles. The van der Waals surface area contributed by atoms with Gasteiger partial charge in [-0.05, 0) is 44.2 Å². The molecule has 1 atom stereocenters. The van der Waals surface area contributed by atoms with Gasteiger partial charge in [-0.3, -0.25) is 0 Å². The molecule has 0 amide bonds. The van der Waals surface area contributed by atoms with Crippen LogP contribution in [0.15, 0.2) is 22.6 Å². The van der Waals surface area contributed by atoms with Gasteiger partial charge >= 0.3 is 0 Å². The maximum Gasteiger partial charge on any atom is 0.247 e. The number of rotatable bonds is 4. The standard InChI is InChI=1S/C13H16FN3O/c1-4-15-9(3)12-16-17-13(18-12)10-5-6-11(14)8(2)7-10/h5-7,9,15H,4H2,1-3H3. The number of aryl methyl sites for hydroxylation is 1. The van der Waals surface area contributed by atoms with Gasteiger partial charge in [0.2, 0.25) is 11.8 Å². The first-order valence-corrected chi connectivity index (χ1v) is 5.95. The van der Waals surface area contributed by atoms with E-state index >= 15 is 0 Å². The lowest BCUT2D eigenvalue weighted by atomic mass is 10.1. The van der Waals surface area contributed by atoms with Gasteiger partial charge in [0.05, 0.1) is 6.04 Å². The van der Waals surface area contributed by atoms with Crippen LogP contribution in [0.4, 0.5) is 4.39 Å². The second-order valence-electron chi connectivity index (χ2n) is 4.19. The van der Waals surface area contributed by atoms with E-state index in [2.05, 4.69) is 15.5 Å². The Labute approximate surface area is 105 Å². The van der Waals surface area contributed by atoms with Crippen molar-refractivity contribution >= 4 is 0 Å². The van der Waals surface area contributed by atoms with E-state index in [-0.39, 0.29) is 11.9 Å². The average Bonchev–Trinajstić information content (AvgIpc) is 2.82. The van der Waals surface area contributed by atoms with Crippen LogP contribution in [-0.2, 0) is 0 Å². The molecule has 0 radical (unpaired) electrons. The van der Waals surface area contributed by atoms with Gasteiger partial charge in [0.15, 0.2) is 0 Å². The molecule has 96 valence electrons. The number of hydrogen-bond donors (Lipinski definition) is 1. The minimum absolute atomic E-state index is 0.0118. The smallest absolute Gasteiger partial charge is 0.247 e. The lowest BCUT2D eigenvalue weighted by molar-refractivity contribution is 0.429. The van der Waals surface area contributed by atoms with Crippen molar-refractivity contribution < 1.29 is 8.81 Å². The highest BCUT2D eigenvalue weighted by atomic mass is 19.1. The topological polar surface area (TPSA) is 51.0 Å². The Hall–Kier alpha value is -1.75. The van der Waals surface area contributed by atoms with Crippen LogP contribution in [0.2, 0.25) is 0 Å². The van der Waals surface area contributed by atoms with Crippen molar-refractivity contribution in [3.05, 3.63) is 35.5 Å². The van der Waals surface area contributed by atoms with Gasteiger partial charge in [0, 0.05) is 5.56 Å². The summed E-state index contributed by atoms with van der Waals surface area (Å²) in [5.74, 6) is 0.714. The fraction of sp³-hybridized carbons (Fsp3) is 0.385. The minimum atomic E-state index is -0.237. The fourth-order valence-electron chi connectivity index (χ4n) is 1.70. The third kappa shape index (κ3) is 2.56. The zero-order valence-corrected chi connectivity index (χ0v) is 10.7. The summed E-state index contributed by atoms with van der Waals surface area (Å²) in [4.78, 5) is 0. The average molecular weight is 249 g/mol. The number of nitrogens with one attached hydrogen (secondary N) is 1. The van der Waals surface area contributed by atoms with Crippen molar-refractivity contribution in [2.24, 2.45) is 0 Å². The van der Waals surface area contributed by atoms with Crippen LogP contribution in [0.25, 0.3) is 11.5 Å². The molecule has 0 aliphatic heterocycles. The van der Waals surface area contributed by atoms with E-state index in [1.165, 1.54) is 6.07 Å². The highest BCUT2D eigenvalue weighted by Crippen LogP contribution is 2.22. The van der Waals surface area contributed by atoms with Crippen molar-refractivity contribution in [3.63, 3.8) is 0 Å². The quantitative estimate of drug-likeness (QED) is 0.905. The summed E-state index contributed by atoms with van der Waals surface area (Å²) in [6.07, 6.45) is 0. The Bertz CT molecular complexity index is 539. The number of halogens is 1. The molecule has 2 aromatic rings.